The van der Waals surface area contributed by atoms with E-state index in [1.807, 2.05) is 0 Å². The minimum atomic E-state index is -1.93. The number of benzene rings is 1. The zero-order valence-electron chi connectivity index (χ0n) is 16.6. The molecule has 1 aromatic heterocycles. The minimum absolute atomic E-state index is 0.127. The fourth-order valence-corrected chi connectivity index (χ4v) is 5.11. The summed E-state index contributed by atoms with van der Waals surface area (Å²) in [6.07, 6.45) is 0.953. The van der Waals surface area contributed by atoms with Crippen molar-refractivity contribution < 1.29 is 23.2 Å². The quantitative estimate of drug-likeness (QED) is 0.683. The number of nitrogens with zero attached hydrogens (tertiary/aromatic N) is 1. The number of rotatable bonds is 8. The van der Waals surface area contributed by atoms with Gasteiger partial charge in [-0.1, -0.05) is 43.0 Å². The Labute approximate surface area is 165 Å². The third-order valence-corrected chi connectivity index (χ3v) is 6.77. The molecule has 1 aliphatic rings. The van der Waals surface area contributed by atoms with E-state index in [0.717, 1.165) is 18.2 Å². The summed E-state index contributed by atoms with van der Waals surface area (Å²) in [4.78, 5) is 12.7. The number of amides is 1. The van der Waals surface area contributed by atoms with Crippen LogP contribution in [0.5, 0.6) is 0 Å². The van der Waals surface area contributed by atoms with E-state index in [1.54, 1.807) is 18.2 Å². The summed E-state index contributed by atoms with van der Waals surface area (Å²) in [6, 6.07) is 6.49. The lowest BCUT2D eigenvalue weighted by Gasteiger charge is -2.17. The van der Waals surface area contributed by atoms with Gasteiger partial charge in [-0.05, 0) is 12.5 Å². The maximum atomic E-state index is 13.7. The fourth-order valence-electron chi connectivity index (χ4n) is 3.29. The van der Waals surface area contributed by atoms with Crippen LogP contribution in [0.3, 0.4) is 0 Å². The predicted molar refractivity (Wildman–Crippen MR) is 106 cm³/mol. The van der Waals surface area contributed by atoms with E-state index in [9.17, 15) is 9.18 Å². The number of ether oxygens (including phenoxy) is 2. The third kappa shape index (κ3) is 5.06. The van der Waals surface area contributed by atoms with Gasteiger partial charge in [0, 0.05) is 29.8 Å². The van der Waals surface area contributed by atoms with Gasteiger partial charge in [0.15, 0.2) is 11.5 Å². The highest BCUT2D eigenvalue weighted by Gasteiger charge is 2.32. The molecule has 0 spiro atoms. The molecule has 0 aliphatic carbocycles. The summed E-state index contributed by atoms with van der Waals surface area (Å²) in [6.45, 7) is 8.63. The van der Waals surface area contributed by atoms with E-state index >= 15 is 0 Å². The first-order valence-corrected chi connectivity index (χ1v) is 13.0. The molecule has 3 rings (SSSR count). The zero-order valence-corrected chi connectivity index (χ0v) is 17.6. The van der Waals surface area contributed by atoms with E-state index in [2.05, 4.69) is 30.1 Å². The molecule has 1 atom stereocenters. The molecule has 2 heterocycles. The number of aromatic nitrogens is 1. The Morgan fingerprint density at radius 2 is 2.11 bits per heavy atom. The van der Waals surface area contributed by atoms with Crippen molar-refractivity contribution in [1.82, 2.24) is 10.5 Å². The SMILES string of the molecule is C[Si](C)(C)c1c(C(=O)NCC2CCOC2)noc1COCc1ccccc1F. The van der Waals surface area contributed by atoms with Crippen LogP contribution in [0, 0.1) is 11.7 Å². The molecule has 1 unspecified atom stereocenters. The molecule has 1 aromatic carbocycles. The molecule has 0 bridgehead atoms. The summed E-state index contributed by atoms with van der Waals surface area (Å²) in [5.41, 5.74) is 0.816. The molecule has 1 N–H and O–H groups in total. The van der Waals surface area contributed by atoms with Crippen molar-refractivity contribution in [3.05, 3.63) is 47.1 Å². The average Bonchev–Trinajstić information content (AvgIpc) is 3.30. The van der Waals surface area contributed by atoms with Crippen molar-refractivity contribution in [3.8, 4) is 0 Å². The molecular formula is C20H27FN2O4Si. The fraction of sp³-hybridized carbons (Fsp3) is 0.500. The van der Waals surface area contributed by atoms with Gasteiger partial charge < -0.3 is 19.3 Å². The van der Waals surface area contributed by atoms with Gasteiger partial charge in [0.2, 0.25) is 0 Å². The van der Waals surface area contributed by atoms with Crippen molar-refractivity contribution in [2.45, 2.75) is 39.3 Å². The molecule has 28 heavy (non-hydrogen) atoms. The van der Waals surface area contributed by atoms with Crippen LogP contribution in [0.2, 0.25) is 19.6 Å². The lowest BCUT2D eigenvalue weighted by atomic mass is 10.1. The smallest absolute Gasteiger partial charge is 0.273 e. The van der Waals surface area contributed by atoms with Gasteiger partial charge in [0.1, 0.15) is 12.4 Å². The van der Waals surface area contributed by atoms with Crippen LogP contribution < -0.4 is 10.5 Å². The molecule has 1 saturated heterocycles. The van der Waals surface area contributed by atoms with Crippen LogP contribution in [0.4, 0.5) is 4.39 Å². The molecule has 1 aliphatic heterocycles. The molecule has 1 fully saturated rings. The van der Waals surface area contributed by atoms with Crippen LogP contribution in [-0.4, -0.2) is 38.9 Å². The van der Waals surface area contributed by atoms with Crippen LogP contribution in [0.25, 0.3) is 0 Å². The molecular weight excluding hydrogens is 379 g/mol. The second-order valence-electron chi connectivity index (χ2n) is 8.10. The average molecular weight is 407 g/mol. The second kappa shape index (κ2) is 8.98. The topological polar surface area (TPSA) is 73.6 Å². The van der Waals surface area contributed by atoms with E-state index < -0.39 is 8.07 Å². The first-order chi connectivity index (χ1) is 13.4. The van der Waals surface area contributed by atoms with Crippen molar-refractivity contribution in [2.24, 2.45) is 5.92 Å². The molecule has 6 nitrogen and oxygen atoms in total. The number of carbonyl (C=O) groups is 1. The standard InChI is InChI=1S/C20H27FN2O4Si/c1-28(2,3)19-17(13-26-12-15-6-4-5-7-16(15)21)27-23-18(19)20(24)22-10-14-8-9-25-11-14/h4-7,14H,8-13H2,1-3H3,(H,22,24). The predicted octanol–water partition coefficient (Wildman–Crippen LogP) is 2.84. The maximum absolute atomic E-state index is 13.7. The van der Waals surface area contributed by atoms with Crippen LogP contribution in [-0.2, 0) is 22.7 Å². The van der Waals surface area contributed by atoms with Crippen molar-refractivity contribution >= 4 is 19.2 Å². The summed E-state index contributed by atoms with van der Waals surface area (Å²) >= 11 is 0. The monoisotopic (exact) mass is 406 g/mol. The number of hydrogen-bond donors (Lipinski definition) is 1. The Kier molecular flexibility index (Phi) is 6.64. The normalized spacial score (nSPS) is 17.1. The summed E-state index contributed by atoms with van der Waals surface area (Å²) < 4.78 is 30.2. The molecule has 0 saturated carbocycles. The van der Waals surface area contributed by atoms with Gasteiger partial charge in [0.25, 0.3) is 5.91 Å². The first kappa shape index (κ1) is 20.7. The van der Waals surface area contributed by atoms with Gasteiger partial charge in [-0.2, -0.15) is 0 Å². The van der Waals surface area contributed by atoms with Crippen LogP contribution in [0.15, 0.2) is 28.8 Å². The lowest BCUT2D eigenvalue weighted by Crippen LogP contribution is -2.45. The molecule has 2 aromatic rings. The number of carbonyl (C=O) groups excluding carboxylic acids is 1. The Bertz CT molecular complexity index is 813. The highest BCUT2D eigenvalue weighted by atomic mass is 28.3. The number of halogens is 1. The zero-order chi connectivity index (χ0) is 20.1. The second-order valence-corrected chi connectivity index (χ2v) is 13.1. The number of nitrogens with one attached hydrogen (secondary N) is 1. The maximum Gasteiger partial charge on any atom is 0.273 e. The van der Waals surface area contributed by atoms with Crippen molar-refractivity contribution in [2.75, 3.05) is 19.8 Å². The molecule has 8 heteroatoms. The van der Waals surface area contributed by atoms with E-state index in [0.29, 0.717) is 36.1 Å². The number of hydrogen-bond acceptors (Lipinski definition) is 5. The van der Waals surface area contributed by atoms with Crippen LogP contribution in [0.1, 0.15) is 28.2 Å². The molecule has 1 amide bonds. The summed E-state index contributed by atoms with van der Waals surface area (Å²) in [5, 5.41) is 7.83. The molecule has 0 radical (unpaired) electrons. The van der Waals surface area contributed by atoms with Gasteiger partial charge in [-0.3, -0.25) is 4.79 Å². The van der Waals surface area contributed by atoms with Gasteiger partial charge in [-0.15, -0.1) is 0 Å². The lowest BCUT2D eigenvalue weighted by molar-refractivity contribution is 0.0864. The van der Waals surface area contributed by atoms with E-state index in [1.165, 1.54) is 6.07 Å². The largest absolute Gasteiger partial charge is 0.381 e. The van der Waals surface area contributed by atoms with Gasteiger partial charge in [-0.25, -0.2) is 4.39 Å². The highest BCUT2D eigenvalue weighted by molar-refractivity contribution is 6.89. The molecule has 152 valence electrons. The van der Waals surface area contributed by atoms with Gasteiger partial charge in [0.05, 0.1) is 21.3 Å². The van der Waals surface area contributed by atoms with E-state index in [-0.39, 0.29) is 24.9 Å². The Morgan fingerprint density at radius 1 is 1.32 bits per heavy atom. The Hall–Kier alpha value is -2.03. The van der Waals surface area contributed by atoms with E-state index in [4.69, 9.17) is 14.0 Å². The Morgan fingerprint density at radius 3 is 2.79 bits per heavy atom. The Balaban J connectivity index is 1.67. The highest BCUT2D eigenvalue weighted by Crippen LogP contribution is 2.15. The first-order valence-electron chi connectivity index (χ1n) is 9.52. The minimum Gasteiger partial charge on any atom is -0.381 e. The van der Waals surface area contributed by atoms with Crippen LogP contribution >= 0.6 is 0 Å². The van der Waals surface area contributed by atoms with Crippen molar-refractivity contribution in [3.63, 3.8) is 0 Å². The summed E-state index contributed by atoms with van der Waals surface area (Å²) in [5.74, 6) is 0.356. The van der Waals surface area contributed by atoms with Crippen molar-refractivity contribution in [1.29, 1.82) is 0 Å². The summed E-state index contributed by atoms with van der Waals surface area (Å²) in [7, 11) is -1.93. The van der Waals surface area contributed by atoms with Gasteiger partial charge >= 0.3 is 0 Å². The third-order valence-electron chi connectivity index (χ3n) is 4.75.